The maximum atomic E-state index is 12.1. The van der Waals surface area contributed by atoms with E-state index in [0.29, 0.717) is 17.9 Å². The Bertz CT molecular complexity index is 478. The Kier molecular flexibility index (Phi) is 4.58. The Morgan fingerprint density at radius 2 is 1.95 bits per heavy atom. The van der Waals surface area contributed by atoms with Gasteiger partial charge in [0.05, 0.1) is 0 Å². The van der Waals surface area contributed by atoms with Gasteiger partial charge in [0.25, 0.3) is 5.91 Å². The van der Waals surface area contributed by atoms with Crippen LogP contribution in [-0.2, 0) is 4.79 Å². The van der Waals surface area contributed by atoms with Crippen molar-refractivity contribution in [2.45, 2.75) is 46.1 Å². The van der Waals surface area contributed by atoms with Crippen molar-refractivity contribution in [1.82, 2.24) is 15.3 Å². The summed E-state index contributed by atoms with van der Waals surface area (Å²) in [6.07, 6.45) is 0.367. The number of aliphatic carboxylic acids is 1. The van der Waals surface area contributed by atoms with E-state index in [2.05, 4.69) is 15.3 Å². The molecular weight excluding hydrogens is 246 g/mol. The maximum absolute atomic E-state index is 12.1. The van der Waals surface area contributed by atoms with E-state index in [1.165, 1.54) is 0 Å². The van der Waals surface area contributed by atoms with E-state index in [0.717, 1.165) is 5.69 Å². The standard InChI is InChI=1S/C13H19N3O3/c1-8-7-10(15-9(2)14-8)12(19)16-13(3,4)6-5-11(17)18/h7H,5-6H2,1-4H3,(H,16,19)(H,17,18). The number of carboxylic acids is 1. The molecule has 0 fully saturated rings. The van der Waals surface area contributed by atoms with Crippen LogP contribution in [0.1, 0.15) is 48.7 Å². The maximum Gasteiger partial charge on any atom is 0.303 e. The van der Waals surface area contributed by atoms with Gasteiger partial charge in [0.2, 0.25) is 0 Å². The molecule has 0 aliphatic heterocycles. The lowest BCUT2D eigenvalue weighted by molar-refractivity contribution is -0.137. The second kappa shape index (κ2) is 5.77. The highest BCUT2D eigenvalue weighted by Gasteiger charge is 2.23. The van der Waals surface area contributed by atoms with Gasteiger partial charge in [-0.05, 0) is 40.2 Å². The molecule has 0 bridgehead atoms. The van der Waals surface area contributed by atoms with E-state index < -0.39 is 11.5 Å². The first-order valence-electron chi connectivity index (χ1n) is 6.06. The fraction of sp³-hybridized carbons (Fsp3) is 0.538. The molecule has 0 aliphatic rings. The first-order valence-corrected chi connectivity index (χ1v) is 6.06. The van der Waals surface area contributed by atoms with Crippen molar-refractivity contribution in [3.05, 3.63) is 23.3 Å². The normalized spacial score (nSPS) is 11.2. The van der Waals surface area contributed by atoms with Crippen molar-refractivity contribution in [1.29, 1.82) is 0 Å². The van der Waals surface area contributed by atoms with Crippen LogP contribution in [0.4, 0.5) is 0 Å². The number of nitrogens with zero attached hydrogens (tertiary/aromatic N) is 2. The number of amides is 1. The molecule has 1 heterocycles. The van der Waals surface area contributed by atoms with Crippen molar-refractivity contribution in [2.24, 2.45) is 0 Å². The molecule has 0 atom stereocenters. The summed E-state index contributed by atoms with van der Waals surface area (Å²) in [6.45, 7) is 7.09. The Labute approximate surface area is 112 Å². The minimum atomic E-state index is -0.879. The summed E-state index contributed by atoms with van der Waals surface area (Å²) in [5.74, 6) is -0.659. The van der Waals surface area contributed by atoms with Gasteiger partial charge < -0.3 is 10.4 Å². The quantitative estimate of drug-likeness (QED) is 0.841. The molecule has 1 rings (SSSR count). The van der Waals surface area contributed by atoms with Crippen LogP contribution in [0, 0.1) is 13.8 Å². The van der Waals surface area contributed by atoms with E-state index in [1.54, 1.807) is 33.8 Å². The fourth-order valence-electron chi connectivity index (χ4n) is 1.69. The van der Waals surface area contributed by atoms with Gasteiger partial charge in [-0.2, -0.15) is 0 Å². The van der Waals surface area contributed by atoms with E-state index >= 15 is 0 Å². The Balaban J connectivity index is 2.75. The molecule has 104 valence electrons. The van der Waals surface area contributed by atoms with Gasteiger partial charge in [0.15, 0.2) is 0 Å². The van der Waals surface area contributed by atoms with E-state index in [9.17, 15) is 9.59 Å². The third-order valence-electron chi connectivity index (χ3n) is 2.61. The predicted octanol–water partition coefficient (Wildman–Crippen LogP) is 1.47. The van der Waals surface area contributed by atoms with Crippen LogP contribution in [0.15, 0.2) is 6.07 Å². The zero-order chi connectivity index (χ0) is 14.6. The summed E-state index contributed by atoms with van der Waals surface area (Å²) in [5, 5.41) is 11.5. The molecule has 6 nitrogen and oxygen atoms in total. The molecule has 1 aromatic rings. The second-order valence-electron chi connectivity index (χ2n) is 5.17. The molecule has 0 aromatic carbocycles. The lowest BCUT2D eigenvalue weighted by atomic mass is 9.98. The van der Waals surface area contributed by atoms with Crippen LogP contribution in [0.5, 0.6) is 0 Å². The van der Waals surface area contributed by atoms with Crippen molar-refractivity contribution in [2.75, 3.05) is 0 Å². The van der Waals surface area contributed by atoms with Gasteiger partial charge in [-0.3, -0.25) is 9.59 Å². The van der Waals surface area contributed by atoms with E-state index in [1.807, 2.05) is 0 Å². The molecule has 0 saturated heterocycles. The molecule has 1 aromatic heterocycles. The van der Waals surface area contributed by atoms with Gasteiger partial charge in [-0.15, -0.1) is 0 Å². The number of aryl methyl sites for hydroxylation is 2. The molecular formula is C13H19N3O3. The third-order valence-corrected chi connectivity index (χ3v) is 2.61. The highest BCUT2D eigenvalue weighted by atomic mass is 16.4. The molecule has 0 spiro atoms. The highest BCUT2D eigenvalue weighted by molar-refractivity contribution is 5.92. The number of carboxylic acid groups (broad SMARTS) is 1. The van der Waals surface area contributed by atoms with Gasteiger partial charge in [0, 0.05) is 17.7 Å². The average Bonchev–Trinajstić information content (AvgIpc) is 2.24. The first kappa shape index (κ1) is 15.1. The number of nitrogens with one attached hydrogen (secondary N) is 1. The number of carbonyl (C=O) groups is 2. The molecule has 0 saturated carbocycles. The van der Waals surface area contributed by atoms with Gasteiger partial charge >= 0.3 is 5.97 Å². The summed E-state index contributed by atoms with van der Waals surface area (Å²) < 4.78 is 0. The van der Waals surface area contributed by atoms with Crippen molar-refractivity contribution < 1.29 is 14.7 Å². The monoisotopic (exact) mass is 265 g/mol. The first-order chi connectivity index (χ1) is 8.69. The number of rotatable bonds is 5. The third kappa shape index (κ3) is 5.03. The van der Waals surface area contributed by atoms with E-state index in [-0.39, 0.29) is 12.3 Å². The van der Waals surface area contributed by atoms with Crippen molar-refractivity contribution in [3.8, 4) is 0 Å². The van der Waals surface area contributed by atoms with Crippen molar-refractivity contribution in [3.63, 3.8) is 0 Å². The fourth-order valence-corrected chi connectivity index (χ4v) is 1.69. The molecule has 0 radical (unpaired) electrons. The number of hydrogen-bond donors (Lipinski definition) is 2. The SMILES string of the molecule is Cc1cc(C(=O)NC(C)(C)CCC(=O)O)nc(C)n1. The minimum absolute atomic E-state index is 0.00904. The van der Waals surface area contributed by atoms with Gasteiger partial charge in [-0.1, -0.05) is 0 Å². The zero-order valence-corrected chi connectivity index (χ0v) is 11.6. The molecule has 0 aliphatic carbocycles. The molecule has 2 N–H and O–H groups in total. The lowest BCUT2D eigenvalue weighted by Gasteiger charge is -2.25. The molecule has 6 heteroatoms. The Morgan fingerprint density at radius 1 is 1.32 bits per heavy atom. The summed E-state index contributed by atoms with van der Waals surface area (Å²) in [6, 6.07) is 1.61. The summed E-state index contributed by atoms with van der Waals surface area (Å²) in [4.78, 5) is 30.8. The Morgan fingerprint density at radius 3 is 2.47 bits per heavy atom. The zero-order valence-electron chi connectivity index (χ0n) is 11.6. The summed E-state index contributed by atoms with van der Waals surface area (Å²) in [7, 11) is 0. The predicted molar refractivity (Wildman–Crippen MR) is 69.9 cm³/mol. The summed E-state index contributed by atoms with van der Waals surface area (Å²) in [5.41, 5.74) is 0.428. The Hall–Kier alpha value is -1.98. The van der Waals surface area contributed by atoms with Crippen LogP contribution in [0.3, 0.4) is 0 Å². The van der Waals surface area contributed by atoms with E-state index in [4.69, 9.17) is 5.11 Å². The van der Waals surface area contributed by atoms with Crippen molar-refractivity contribution >= 4 is 11.9 Å². The summed E-state index contributed by atoms with van der Waals surface area (Å²) >= 11 is 0. The van der Waals surface area contributed by atoms with Crippen LogP contribution in [0.2, 0.25) is 0 Å². The number of carbonyl (C=O) groups excluding carboxylic acids is 1. The van der Waals surface area contributed by atoms with Crippen LogP contribution >= 0.6 is 0 Å². The van der Waals surface area contributed by atoms with Crippen LogP contribution in [0.25, 0.3) is 0 Å². The highest BCUT2D eigenvalue weighted by Crippen LogP contribution is 2.12. The molecule has 1 amide bonds. The topological polar surface area (TPSA) is 92.2 Å². The molecule has 19 heavy (non-hydrogen) atoms. The molecule has 0 unspecified atom stereocenters. The van der Waals surface area contributed by atoms with Crippen LogP contribution < -0.4 is 5.32 Å². The number of aromatic nitrogens is 2. The second-order valence-corrected chi connectivity index (χ2v) is 5.17. The largest absolute Gasteiger partial charge is 0.481 e. The number of hydrogen-bond acceptors (Lipinski definition) is 4. The lowest BCUT2D eigenvalue weighted by Crippen LogP contribution is -2.44. The smallest absolute Gasteiger partial charge is 0.303 e. The minimum Gasteiger partial charge on any atom is -0.481 e. The average molecular weight is 265 g/mol. The van der Waals surface area contributed by atoms with Crippen LogP contribution in [-0.4, -0.2) is 32.5 Å². The van der Waals surface area contributed by atoms with Gasteiger partial charge in [-0.25, -0.2) is 9.97 Å². The van der Waals surface area contributed by atoms with Gasteiger partial charge in [0.1, 0.15) is 11.5 Å².